The highest BCUT2D eigenvalue weighted by atomic mass is 16.4. The van der Waals surface area contributed by atoms with Crippen molar-refractivity contribution in [2.24, 2.45) is 0 Å². The summed E-state index contributed by atoms with van der Waals surface area (Å²) >= 11 is 0. The average Bonchev–Trinajstić information content (AvgIpc) is 2.80. The number of aromatic carboxylic acids is 1. The summed E-state index contributed by atoms with van der Waals surface area (Å²) in [6.45, 7) is 5.87. The monoisotopic (exact) mass is 252 g/mol. The molecule has 2 rings (SSSR count). The van der Waals surface area contributed by atoms with Crippen LogP contribution in [0.5, 0.6) is 0 Å². The first-order chi connectivity index (χ1) is 8.72. The van der Waals surface area contributed by atoms with Gasteiger partial charge in [0.15, 0.2) is 5.69 Å². The van der Waals surface area contributed by atoms with Crippen molar-refractivity contribution in [3.63, 3.8) is 0 Å². The first-order valence-corrected chi connectivity index (χ1v) is 6.60. The van der Waals surface area contributed by atoms with Gasteiger partial charge in [0, 0.05) is 6.54 Å². The lowest BCUT2D eigenvalue weighted by Gasteiger charge is -2.26. The Morgan fingerprint density at radius 3 is 2.61 bits per heavy atom. The number of hydrogen-bond donors (Lipinski definition) is 1. The third-order valence-electron chi connectivity index (χ3n) is 3.45. The molecule has 1 N–H and O–H groups in total. The van der Waals surface area contributed by atoms with Crippen molar-refractivity contribution in [2.45, 2.75) is 39.2 Å². The quantitative estimate of drug-likeness (QED) is 0.847. The molecular weight excluding hydrogens is 232 g/mol. The van der Waals surface area contributed by atoms with Crippen LogP contribution in [0.15, 0.2) is 0 Å². The largest absolute Gasteiger partial charge is 0.476 e. The maximum absolute atomic E-state index is 11.0. The van der Waals surface area contributed by atoms with E-state index in [2.05, 4.69) is 15.2 Å². The molecule has 1 aromatic rings. The third-order valence-corrected chi connectivity index (χ3v) is 3.45. The maximum Gasteiger partial charge on any atom is 0.358 e. The van der Waals surface area contributed by atoms with Crippen LogP contribution >= 0.6 is 0 Å². The van der Waals surface area contributed by atoms with Crippen LogP contribution in [-0.4, -0.2) is 50.6 Å². The standard InChI is InChI=1S/C12H20N4O2/c1-2-10-11(12(17)18)13-14-16(10)9-8-15-6-4-3-5-7-15/h2-9H2,1H3,(H,17,18). The van der Waals surface area contributed by atoms with Gasteiger partial charge in [0.1, 0.15) is 0 Å². The predicted octanol–water partition coefficient (Wildman–Crippen LogP) is 1.02. The minimum atomic E-state index is -0.990. The van der Waals surface area contributed by atoms with Crippen LogP contribution < -0.4 is 0 Å². The normalized spacial score (nSPS) is 16.9. The molecule has 0 aliphatic carbocycles. The van der Waals surface area contributed by atoms with E-state index in [0.717, 1.165) is 31.9 Å². The van der Waals surface area contributed by atoms with Gasteiger partial charge in [-0.05, 0) is 32.4 Å². The van der Waals surface area contributed by atoms with Crippen molar-refractivity contribution < 1.29 is 9.90 Å². The van der Waals surface area contributed by atoms with E-state index in [0.29, 0.717) is 6.42 Å². The Morgan fingerprint density at radius 1 is 1.28 bits per heavy atom. The van der Waals surface area contributed by atoms with Crippen LogP contribution in [0.25, 0.3) is 0 Å². The summed E-state index contributed by atoms with van der Waals surface area (Å²) in [7, 11) is 0. The van der Waals surface area contributed by atoms with E-state index in [4.69, 9.17) is 5.11 Å². The van der Waals surface area contributed by atoms with Crippen LogP contribution in [0.4, 0.5) is 0 Å². The van der Waals surface area contributed by atoms with Crippen LogP contribution in [-0.2, 0) is 13.0 Å². The number of carboxylic acid groups (broad SMARTS) is 1. The Bertz CT molecular complexity index is 410. The Kier molecular flexibility index (Phi) is 4.30. The number of rotatable bonds is 5. The van der Waals surface area contributed by atoms with Crippen LogP contribution in [0.3, 0.4) is 0 Å². The van der Waals surface area contributed by atoms with Crippen molar-refractivity contribution in [1.29, 1.82) is 0 Å². The Hall–Kier alpha value is -1.43. The summed E-state index contributed by atoms with van der Waals surface area (Å²) in [5, 5.41) is 16.7. The van der Waals surface area contributed by atoms with Crippen molar-refractivity contribution in [1.82, 2.24) is 19.9 Å². The molecule has 0 aromatic carbocycles. The molecule has 0 bridgehead atoms. The lowest BCUT2D eigenvalue weighted by atomic mass is 10.1. The molecule has 1 aliphatic rings. The molecule has 1 saturated heterocycles. The number of nitrogens with zero attached hydrogens (tertiary/aromatic N) is 4. The van der Waals surface area contributed by atoms with Gasteiger partial charge < -0.3 is 10.0 Å². The van der Waals surface area contributed by atoms with Gasteiger partial charge in [-0.3, -0.25) is 0 Å². The second-order valence-corrected chi connectivity index (χ2v) is 4.67. The highest BCUT2D eigenvalue weighted by Crippen LogP contribution is 2.10. The Labute approximate surface area is 107 Å². The molecule has 0 radical (unpaired) electrons. The summed E-state index contributed by atoms with van der Waals surface area (Å²) in [4.78, 5) is 13.4. The van der Waals surface area contributed by atoms with Gasteiger partial charge in [-0.2, -0.15) is 0 Å². The number of hydrogen-bond acceptors (Lipinski definition) is 4. The number of likely N-dealkylation sites (tertiary alicyclic amines) is 1. The molecule has 100 valence electrons. The molecule has 1 fully saturated rings. The zero-order chi connectivity index (χ0) is 13.0. The second kappa shape index (κ2) is 5.95. The minimum Gasteiger partial charge on any atom is -0.476 e. The minimum absolute atomic E-state index is 0.0937. The molecule has 0 unspecified atom stereocenters. The summed E-state index contributed by atoms with van der Waals surface area (Å²) in [6.07, 6.45) is 4.49. The summed E-state index contributed by atoms with van der Waals surface area (Å²) < 4.78 is 1.73. The van der Waals surface area contributed by atoms with E-state index in [9.17, 15) is 4.79 Å². The molecule has 1 aliphatic heterocycles. The highest BCUT2D eigenvalue weighted by Gasteiger charge is 2.18. The van der Waals surface area contributed by atoms with Gasteiger partial charge >= 0.3 is 5.97 Å². The van der Waals surface area contributed by atoms with E-state index in [1.165, 1.54) is 19.3 Å². The first-order valence-electron chi connectivity index (χ1n) is 6.60. The van der Waals surface area contributed by atoms with Gasteiger partial charge in [-0.1, -0.05) is 18.6 Å². The average molecular weight is 252 g/mol. The number of aromatic nitrogens is 3. The Morgan fingerprint density at radius 2 is 2.00 bits per heavy atom. The molecule has 6 heteroatoms. The maximum atomic E-state index is 11.0. The molecular formula is C12H20N4O2. The van der Waals surface area contributed by atoms with Crippen molar-refractivity contribution >= 4 is 5.97 Å². The summed E-state index contributed by atoms with van der Waals surface area (Å²) in [5.74, 6) is -0.990. The molecule has 0 atom stereocenters. The fourth-order valence-corrected chi connectivity index (χ4v) is 2.45. The Balaban J connectivity index is 1.98. The van der Waals surface area contributed by atoms with Gasteiger partial charge in [0.2, 0.25) is 0 Å². The first kappa shape index (κ1) is 13.0. The number of carboxylic acids is 1. The van der Waals surface area contributed by atoms with Crippen LogP contribution in [0.1, 0.15) is 42.4 Å². The molecule has 1 aromatic heterocycles. The van der Waals surface area contributed by atoms with Crippen LogP contribution in [0, 0.1) is 0 Å². The van der Waals surface area contributed by atoms with Gasteiger partial charge in [-0.15, -0.1) is 5.10 Å². The fraction of sp³-hybridized carbons (Fsp3) is 0.750. The van der Waals surface area contributed by atoms with Crippen molar-refractivity contribution in [2.75, 3.05) is 19.6 Å². The lowest BCUT2D eigenvalue weighted by molar-refractivity contribution is 0.0689. The number of carbonyl (C=O) groups is 1. The molecule has 6 nitrogen and oxygen atoms in total. The zero-order valence-electron chi connectivity index (χ0n) is 10.8. The van der Waals surface area contributed by atoms with E-state index in [1.54, 1.807) is 4.68 Å². The predicted molar refractivity (Wildman–Crippen MR) is 66.7 cm³/mol. The molecule has 0 spiro atoms. The van der Waals surface area contributed by atoms with E-state index >= 15 is 0 Å². The van der Waals surface area contributed by atoms with Crippen molar-refractivity contribution in [3.05, 3.63) is 11.4 Å². The van der Waals surface area contributed by atoms with E-state index in [-0.39, 0.29) is 5.69 Å². The fourth-order valence-electron chi connectivity index (χ4n) is 2.45. The highest BCUT2D eigenvalue weighted by molar-refractivity contribution is 5.86. The molecule has 2 heterocycles. The van der Waals surface area contributed by atoms with Gasteiger partial charge in [0.25, 0.3) is 0 Å². The summed E-state index contributed by atoms with van der Waals surface area (Å²) in [5.41, 5.74) is 0.815. The van der Waals surface area contributed by atoms with E-state index in [1.807, 2.05) is 6.92 Å². The van der Waals surface area contributed by atoms with Gasteiger partial charge in [0.05, 0.1) is 12.2 Å². The zero-order valence-corrected chi connectivity index (χ0v) is 10.8. The lowest BCUT2D eigenvalue weighted by Crippen LogP contribution is -2.33. The third kappa shape index (κ3) is 2.87. The van der Waals surface area contributed by atoms with Crippen molar-refractivity contribution in [3.8, 4) is 0 Å². The smallest absolute Gasteiger partial charge is 0.358 e. The van der Waals surface area contributed by atoms with Gasteiger partial charge in [-0.25, -0.2) is 9.48 Å². The van der Waals surface area contributed by atoms with Crippen LogP contribution in [0.2, 0.25) is 0 Å². The molecule has 0 amide bonds. The SMILES string of the molecule is CCc1c(C(=O)O)nnn1CCN1CCCCC1. The van der Waals surface area contributed by atoms with E-state index < -0.39 is 5.97 Å². The second-order valence-electron chi connectivity index (χ2n) is 4.67. The summed E-state index contributed by atoms with van der Waals surface area (Å²) in [6, 6.07) is 0. The molecule has 0 saturated carbocycles. The molecule has 18 heavy (non-hydrogen) atoms. The topological polar surface area (TPSA) is 71.2 Å². The number of piperidine rings is 1.